The fourth-order valence-electron chi connectivity index (χ4n) is 1.99. The Labute approximate surface area is 114 Å². The molecule has 0 aliphatic carbocycles. The van der Waals surface area contributed by atoms with Gasteiger partial charge in [0.2, 0.25) is 0 Å². The van der Waals surface area contributed by atoms with Gasteiger partial charge in [-0.25, -0.2) is 0 Å². The maximum Gasteiger partial charge on any atom is 0.0723 e. The second kappa shape index (κ2) is 6.50. The van der Waals surface area contributed by atoms with E-state index in [-0.39, 0.29) is 6.04 Å². The second-order valence-electron chi connectivity index (χ2n) is 4.82. The molecule has 1 atom stereocenters. The summed E-state index contributed by atoms with van der Waals surface area (Å²) in [4.78, 5) is 0. The second-order valence-corrected chi connectivity index (χ2v) is 4.82. The largest absolute Gasteiger partial charge is 0.377 e. The van der Waals surface area contributed by atoms with Crippen LogP contribution < -0.4 is 5.73 Å². The molecule has 4 heteroatoms. The van der Waals surface area contributed by atoms with Crippen molar-refractivity contribution in [3.05, 3.63) is 42.1 Å². The van der Waals surface area contributed by atoms with Gasteiger partial charge in [0.25, 0.3) is 0 Å². The lowest BCUT2D eigenvalue weighted by Crippen LogP contribution is -2.17. The molecule has 4 nitrogen and oxygen atoms in total. The molecular weight excluding hydrogens is 238 g/mol. The van der Waals surface area contributed by atoms with Crippen LogP contribution in [0.2, 0.25) is 0 Å². The van der Waals surface area contributed by atoms with Crippen molar-refractivity contribution in [1.82, 2.24) is 9.78 Å². The molecule has 0 aliphatic rings. The van der Waals surface area contributed by atoms with Crippen molar-refractivity contribution in [2.75, 3.05) is 6.61 Å². The van der Waals surface area contributed by atoms with Gasteiger partial charge in [0.1, 0.15) is 0 Å². The van der Waals surface area contributed by atoms with Crippen LogP contribution in [0.15, 0.2) is 36.5 Å². The number of hydrogen-bond acceptors (Lipinski definition) is 3. The minimum Gasteiger partial charge on any atom is -0.377 e. The number of aromatic nitrogens is 2. The number of hydrogen-bond donors (Lipinski definition) is 1. The Morgan fingerprint density at radius 2 is 2.11 bits per heavy atom. The zero-order valence-electron chi connectivity index (χ0n) is 11.5. The topological polar surface area (TPSA) is 53.1 Å². The van der Waals surface area contributed by atoms with Crippen molar-refractivity contribution < 1.29 is 4.74 Å². The van der Waals surface area contributed by atoms with E-state index in [1.807, 2.05) is 43.0 Å². The summed E-state index contributed by atoms with van der Waals surface area (Å²) in [5.74, 6) is 0. The van der Waals surface area contributed by atoms with Crippen molar-refractivity contribution in [3.63, 3.8) is 0 Å². The van der Waals surface area contributed by atoms with E-state index in [9.17, 15) is 0 Å². The Kier molecular flexibility index (Phi) is 4.71. The molecule has 102 valence electrons. The Morgan fingerprint density at radius 3 is 2.79 bits per heavy atom. The fraction of sp³-hybridized carbons (Fsp3) is 0.400. The summed E-state index contributed by atoms with van der Waals surface area (Å²) in [7, 11) is 1.95. The summed E-state index contributed by atoms with van der Waals surface area (Å²) < 4.78 is 7.58. The zero-order valence-corrected chi connectivity index (χ0v) is 11.5. The van der Waals surface area contributed by atoms with E-state index in [0.29, 0.717) is 13.2 Å². The fourth-order valence-corrected chi connectivity index (χ4v) is 1.99. The molecule has 2 aromatic rings. The lowest BCUT2D eigenvalue weighted by molar-refractivity contribution is 0.115. The van der Waals surface area contributed by atoms with E-state index < -0.39 is 0 Å². The highest BCUT2D eigenvalue weighted by atomic mass is 16.5. The SMILES string of the molecule is CC(N)CCOCc1ccccc1-c1ccnn1C. The first-order valence-corrected chi connectivity index (χ1v) is 6.58. The molecular formula is C15H21N3O. The van der Waals surface area contributed by atoms with Gasteiger partial charge in [-0.2, -0.15) is 5.10 Å². The van der Waals surface area contributed by atoms with Crippen LogP contribution in [0.25, 0.3) is 11.3 Å². The molecule has 0 fully saturated rings. The molecule has 1 aromatic heterocycles. The average Bonchev–Trinajstić information content (AvgIpc) is 2.81. The first-order valence-electron chi connectivity index (χ1n) is 6.58. The van der Waals surface area contributed by atoms with Crippen molar-refractivity contribution >= 4 is 0 Å². The Hall–Kier alpha value is -1.65. The molecule has 0 saturated carbocycles. The first kappa shape index (κ1) is 13.8. The van der Waals surface area contributed by atoms with Gasteiger partial charge in [-0.05, 0) is 25.0 Å². The molecule has 0 radical (unpaired) electrons. The van der Waals surface area contributed by atoms with Crippen LogP contribution >= 0.6 is 0 Å². The van der Waals surface area contributed by atoms with Gasteiger partial charge in [0, 0.05) is 31.5 Å². The molecule has 0 aliphatic heterocycles. The summed E-state index contributed by atoms with van der Waals surface area (Å²) in [5.41, 5.74) is 9.16. The van der Waals surface area contributed by atoms with Gasteiger partial charge in [-0.3, -0.25) is 4.68 Å². The van der Waals surface area contributed by atoms with Crippen LogP contribution in [0.3, 0.4) is 0 Å². The first-order chi connectivity index (χ1) is 9.18. The predicted octanol–water partition coefficient (Wildman–Crippen LogP) is 2.34. The van der Waals surface area contributed by atoms with Crippen LogP contribution in [0, 0.1) is 0 Å². The highest BCUT2D eigenvalue weighted by Crippen LogP contribution is 2.23. The van der Waals surface area contributed by atoms with E-state index in [4.69, 9.17) is 10.5 Å². The minimum absolute atomic E-state index is 0.187. The van der Waals surface area contributed by atoms with Gasteiger partial charge in [0.05, 0.1) is 12.3 Å². The third-order valence-corrected chi connectivity index (χ3v) is 3.09. The maximum atomic E-state index is 5.71. The summed E-state index contributed by atoms with van der Waals surface area (Å²) in [6, 6.07) is 10.5. The van der Waals surface area contributed by atoms with E-state index in [1.54, 1.807) is 0 Å². The minimum atomic E-state index is 0.187. The highest BCUT2D eigenvalue weighted by Gasteiger charge is 2.08. The van der Waals surface area contributed by atoms with Crippen LogP contribution in [0.5, 0.6) is 0 Å². The number of rotatable bonds is 6. The number of nitrogens with two attached hydrogens (primary N) is 1. The smallest absolute Gasteiger partial charge is 0.0723 e. The van der Waals surface area contributed by atoms with Crippen molar-refractivity contribution in [3.8, 4) is 11.3 Å². The number of ether oxygens (including phenoxy) is 1. The molecule has 0 bridgehead atoms. The van der Waals surface area contributed by atoms with Gasteiger partial charge < -0.3 is 10.5 Å². The summed E-state index contributed by atoms with van der Waals surface area (Å²) in [6.07, 6.45) is 2.69. The molecule has 19 heavy (non-hydrogen) atoms. The Morgan fingerprint density at radius 1 is 1.32 bits per heavy atom. The van der Waals surface area contributed by atoms with Gasteiger partial charge in [-0.15, -0.1) is 0 Å². The van der Waals surface area contributed by atoms with E-state index >= 15 is 0 Å². The molecule has 0 spiro atoms. The number of aryl methyl sites for hydroxylation is 1. The molecule has 0 saturated heterocycles. The monoisotopic (exact) mass is 259 g/mol. The predicted molar refractivity (Wildman–Crippen MR) is 76.6 cm³/mol. The van der Waals surface area contributed by atoms with Crippen molar-refractivity contribution in [2.45, 2.75) is 26.0 Å². The van der Waals surface area contributed by atoms with E-state index in [2.05, 4.69) is 17.2 Å². The molecule has 2 rings (SSSR count). The molecule has 2 N–H and O–H groups in total. The molecule has 0 amide bonds. The number of nitrogens with zero attached hydrogens (tertiary/aromatic N) is 2. The van der Waals surface area contributed by atoms with Crippen LogP contribution in [0.4, 0.5) is 0 Å². The Balaban J connectivity index is 2.07. The van der Waals surface area contributed by atoms with Gasteiger partial charge in [0.15, 0.2) is 0 Å². The zero-order chi connectivity index (χ0) is 13.7. The normalized spacial score (nSPS) is 12.6. The lowest BCUT2D eigenvalue weighted by Gasteiger charge is -2.11. The summed E-state index contributed by atoms with van der Waals surface area (Å²) in [6.45, 7) is 3.29. The van der Waals surface area contributed by atoms with Crippen LogP contribution in [0.1, 0.15) is 18.9 Å². The maximum absolute atomic E-state index is 5.71. The lowest BCUT2D eigenvalue weighted by atomic mass is 10.1. The average molecular weight is 259 g/mol. The van der Waals surface area contributed by atoms with Gasteiger partial charge in [-0.1, -0.05) is 24.3 Å². The number of benzene rings is 1. The quantitative estimate of drug-likeness (QED) is 0.810. The van der Waals surface area contributed by atoms with Gasteiger partial charge >= 0.3 is 0 Å². The van der Waals surface area contributed by atoms with E-state index in [0.717, 1.165) is 12.1 Å². The Bertz CT molecular complexity index is 520. The standard InChI is InChI=1S/C15H21N3O/c1-12(16)8-10-19-11-13-5-3-4-6-14(13)15-7-9-17-18(15)2/h3-7,9,12H,8,10-11,16H2,1-2H3. The van der Waals surface area contributed by atoms with Crippen molar-refractivity contribution in [1.29, 1.82) is 0 Å². The third kappa shape index (κ3) is 3.66. The van der Waals surface area contributed by atoms with Crippen molar-refractivity contribution in [2.24, 2.45) is 12.8 Å². The highest BCUT2D eigenvalue weighted by molar-refractivity contribution is 5.63. The summed E-state index contributed by atoms with van der Waals surface area (Å²) in [5, 5.41) is 4.21. The molecule has 1 aromatic carbocycles. The van der Waals surface area contributed by atoms with E-state index in [1.165, 1.54) is 11.1 Å². The van der Waals surface area contributed by atoms with Crippen LogP contribution in [-0.2, 0) is 18.4 Å². The molecule has 1 heterocycles. The third-order valence-electron chi connectivity index (χ3n) is 3.09. The summed E-state index contributed by atoms with van der Waals surface area (Å²) >= 11 is 0. The van der Waals surface area contributed by atoms with Crippen LogP contribution in [-0.4, -0.2) is 22.4 Å². The molecule has 1 unspecified atom stereocenters.